The summed E-state index contributed by atoms with van der Waals surface area (Å²) in [6.45, 7) is 3.44. The van der Waals surface area contributed by atoms with E-state index in [1.165, 1.54) is 0 Å². The van der Waals surface area contributed by atoms with Gasteiger partial charge in [-0.2, -0.15) is 0 Å². The van der Waals surface area contributed by atoms with Crippen molar-refractivity contribution in [3.8, 4) is 5.63 Å². The van der Waals surface area contributed by atoms with Gasteiger partial charge in [0.25, 0.3) is 0 Å². The third-order valence-corrected chi connectivity index (χ3v) is 0.418. The summed E-state index contributed by atoms with van der Waals surface area (Å²) < 4.78 is 0. The Morgan fingerprint density at radius 3 is 2.60 bits per heavy atom. The second kappa shape index (κ2) is 3.95. The van der Waals surface area contributed by atoms with E-state index in [9.17, 15) is 0 Å². The number of hydrogen-bond donors (Lipinski definition) is 0. The predicted molar refractivity (Wildman–Crippen MR) is 25.6 cm³/mol. The van der Waals surface area contributed by atoms with E-state index in [1.54, 1.807) is 6.08 Å². The van der Waals surface area contributed by atoms with Crippen LogP contribution in [0.2, 0.25) is 0 Å². The van der Waals surface area contributed by atoms with Crippen molar-refractivity contribution >= 4 is 8.70 Å². The van der Waals surface area contributed by atoms with Crippen LogP contribution >= 0.6 is 8.70 Å². The summed E-state index contributed by atoms with van der Waals surface area (Å²) in [4.78, 5) is 0. The van der Waals surface area contributed by atoms with E-state index in [-0.39, 0.29) is 0 Å². The maximum absolute atomic E-state index is 3.68. The summed E-state index contributed by atoms with van der Waals surface area (Å²) in [6, 6.07) is 0. The zero-order chi connectivity index (χ0) is 4.12. The minimum absolute atomic E-state index is 0.767. The quantitative estimate of drug-likeness (QED) is 0.336. The van der Waals surface area contributed by atoms with Gasteiger partial charge < -0.3 is 0 Å². The molecule has 0 aromatic carbocycles. The van der Waals surface area contributed by atoms with E-state index in [0.717, 1.165) is 6.42 Å². The van der Waals surface area contributed by atoms with Gasteiger partial charge in [0.1, 0.15) is 0 Å². The molecule has 0 aliphatic carbocycles. The van der Waals surface area contributed by atoms with Crippen molar-refractivity contribution < 1.29 is 0 Å². The Bertz CT molecular complexity index is 58.5. The van der Waals surface area contributed by atoms with E-state index >= 15 is 0 Å². The van der Waals surface area contributed by atoms with Crippen LogP contribution in [0, 0.1) is 5.63 Å². The van der Waals surface area contributed by atoms with Crippen molar-refractivity contribution in [1.82, 2.24) is 0 Å². The number of hydrogen-bond acceptors (Lipinski definition) is 0. The molecule has 0 unspecified atom stereocenters. The molecule has 0 saturated heterocycles. The summed E-state index contributed by atoms with van der Waals surface area (Å²) in [7, 11) is 3.68. The monoisotopic (exact) mass is 84.0 g/mol. The Morgan fingerprint density at radius 2 is 2.60 bits per heavy atom. The van der Waals surface area contributed by atoms with Crippen LogP contribution in [0.1, 0.15) is 6.42 Å². The molecule has 0 bridgehead atoms. The normalized spacial score (nSPS) is 5.40. The summed E-state index contributed by atoms with van der Waals surface area (Å²) in [5.41, 5.74) is 2.59. The molecule has 0 aromatic rings. The first-order valence-corrected chi connectivity index (χ1v) is 1.84. The molecule has 0 nitrogen and oxygen atoms in total. The van der Waals surface area contributed by atoms with E-state index < -0.39 is 0 Å². The van der Waals surface area contributed by atoms with Crippen molar-refractivity contribution in [2.45, 2.75) is 6.42 Å². The molecule has 0 aromatic heterocycles. The van der Waals surface area contributed by atoms with Gasteiger partial charge in [-0.3, -0.25) is 0 Å². The fourth-order valence-electron chi connectivity index (χ4n) is 0.0645. The standard InChI is InChI=1S/C4H5P/c1-2-3-4-5/h2H,1,3H2. The van der Waals surface area contributed by atoms with Gasteiger partial charge in [-0.05, 0) is 0 Å². The average Bonchev–Trinajstić information content (AvgIpc) is 1.41. The predicted octanol–water partition coefficient (Wildman–Crippen LogP) is 1.93. The molecule has 0 spiro atoms. The van der Waals surface area contributed by atoms with Gasteiger partial charge in [-0.15, -0.1) is 0 Å². The van der Waals surface area contributed by atoms with Gasteiger partial charge in [0.05, 0.1) is 0 Å². The SMILES string of the molecule is C=CCC#P. The summed E-state index contributed by atoms with van der Waals surface area (Å²) in [6.07, 6.45) is 2.51. The average molecular weight is 84.1 g/mol. The second-order valence-corrected chi connectivity index (χ2v) is 0.967. The van der Waals surface area contributed by atoms with Gasteiger partial charge in [-0.1, -0.05) is 0 Å². The molecule has 0 atom stereocenters. The van der Waals surface area contributed by atoms with Crippen LogP contribution in [0.4, 0.5) is 0 Å². The van der Waals surface area contributed by atoms with Crippen LogP contribution in [0.25, 0.3) is 0 Å². The minimum atomic E-state index is 0.767. The maximum atomic E-state index is 3.68. The van der Waals surface area contributed by atoms with Crippen LogP contribution < -0.4 is 0 Å². The molecular formula is C4H5P. The molecule has 5 heavy (non-hydrogen) atoms. The van der Waals surface area contributed by atoms with Crippen LogP contribution in [0.3, 0.4) is 0 Å². The van der Waals surface area contributed by atoms with Crippen LogP contribution in [-0.2, 0) is 0 Å². The Labute approximate surface area is 34.4 Å². The number of rotatable bonds is 1. The zero-order valence-electron chi connectivity index (χ0n) is 2.94. The van der Waals surface area contributed by atoms with Gasteiger partial charge in [0, 0.05) is 0 Å². The van der Waals surface area contributed by atoms with Crippen molar-refractivity contribution in [3.05, 3.63) is 12.7 Å². The first kappa shape index (κ1) is 4.95. The first-order chi connectivity index (χ1) is 2.41. The van der Waals surface area contributed by atoms with Crippen molar-refractivity contribution in [2.24, 2.45) is 0 Å². The third kappa shape index (κ3) is 3.95. The number of allylic oxidation sites excluding steroid dienone is 1. The van der Waals surface area contributed by atoms with Gasteiger partial charge >= 0.3 is 33.4 Å². The zero-order valence-corrected chi connectivity index (χ0v) is 3.83. The first-order valence-electron chi connectivity index (χ1n) is 1.39. The van der Waals surface area contributed by atoms with Gasteiger partial charge in [0.15, 0.2) is 0 Å². The van der Waals surface area contributed by atoms with Crippen LogP contribution in [0.5, 0.6) is 0 Å². The fourth-order valence-corrected chi connectivity index (χ4v) is 0.194. The Kier molecular flexibility index (Phi) is 3.91. The van der Waals surface area contributed by atoms with Crippen molar-refractivity contribution in [3.63, 3.8) is 0 Å². The van der Waals surface area contributed by atoms with E-state index in [2.05, 4.69) is 20.9 Å². The molecule has 0 amide bonds. The van der Waals surface area contributed by atoms with Crippen molar-refractivity contribution in [2.75, 3.05) is 0 Å². The molecule has 0 aliphatic rings. The molecular weight excluding hydrogens is 79.0 g/mol. The fraction of sp³-hybridized carbons (Fsp3) is 0.250. The van der Waals surface area contributed by atoms with E-state index in [1.807, 2.05) is 0 Å². The van der Waals surface area contributed by atoms with E-state index in [4.69, 9.17) is 0 Å². The van der Waals surface area contributed by atoms with Crippen LogP contribution in [0.15, 0.2) is 12.7 Å². The Morgan fingerprint density at radius 1 is 2.00 bits per heavy atom. The molecule has 0 fully saturated rings. The second-order valence-electron chi connectivity index (χ2n) is 0.651. The molecule has 0 heterocycles. The molecule has 26 valence electrons. The summed E-state index contributed by atoms with van der Waals surface area (Å²) >= 11 is 0. The molecule has 0 rings (SSSR count). The molecule has 0 radical (unpaired) electrons. The Balaban J connectivity index is 2.75. The topological polar surface area (TPSA) is 0 Å². The van der Waals surface area contributed by atoms with Crippen LogP contribution in [-0.4, -0.2) is 0 Å². The third-order valence-electron chi connectivity index (χ3n) is 0.236. The molecule has 1 heteroatoms. The molecule has 0 saturated carbocycles. The summed E-state index contributed by atoms with van der Waals surface area (Å²) in [5, 5.41) is 0. The Hall–Kier alpha value is -0.0500. The van der Waals surface area contributed by atoms with E-state index in [0.29, 0.717) is 0 Å². The van der Waals surface area contributed by atoms with Gasteiger partial charge in [-0.25, -0.2) is 0 Å². The molecule has 0 aliphatic heterocycles. The summed E-state index contributed by atoms with van der Waals surface area (Å²) in [5.74, 6) is 0. The molecule has 0 N–H and O–H groups in total. The van der Waals surface area contributed by atoms with Gasteiger partial charge in [0.2, 0.25) is 0 Å². The van der Waals surface area contributed by atoms with Crippen molar-refractivity contribution in [1.29, 1.82) is 0 Å².